The summed E-state index contributed by atoms with van der Waals surface area (Å²) in [5.41, 5.74) is 13.3. The predicted octanol–water partition coefficient (Wildman–Crippen LogP) is 2.65. The van der Waals surface area contributed by atoms with Gasteiger partial charge in [-0.2, -0.15) is 0 Å². The lowest BCUT2D eigenvalue weighted by Crippen LogP contribution is -2.22. The zero-order valence-corrected chi connectivity index (χ0v) is 14.4. The molecule has 0 bridgehead atoms. The van der Waals surface area contributed by atoms with Gasteiger partial charge in [0.2, 0.25) is 11.8 Å². The summed E-state index contributed by atoms with van der Waals surface area (Å²) < 4.78 is 5.49. The predicted molar refractivity (Wildman–Crippen MR) is 93.6 cm³/mol. The highest BCUT2D eigenvalue weighted by atomic mass is 16.5. The van der Waals surface area contributed by atoms with E-state index in [0.29, 0.717) is 5.92 Å². The largest absolute Gasteiger partial charge is 0.496 e. The Kier molecular flexibility index (Phi) is 6.64. The molecule has 0 saturated carbocycles. The summed E-state index contributed by atoms with van der Waals surface area (Å²) in [5, 5.41) is 0. The summed E-state index contributed by atoms with van der Waals surface area (Å²) in [5.74, 6) is 0.737. The number of amides is 2. The Bertz CT molecular complexity index is 570. The molecule has 0 spiro atoms. The van der Waals surface area contributed by atoms with Gasteiger partial charge in [0.05, 0.1) is 7.11 Å². The molecule has 24 heavy (non-hydrogen) atoms. The molecule has 1 atom stereocenters. The van der Waals surface area contributed by atoms with Crippen LogP contribution < -0.4 is 16.2 Å². The van der Waals surface area contributed by atoms with Crippen molar-refractivity contribution in [3.8, 4) is 5.75 Å². The third kappa shape index (κ3) is 4.98. The first-order valence-electron chi connectivity index (χ1n) is 8.73. The molecular formula is C19H28N2O3. The summed E-state index contributed by atoms with van der Waals surface area (Å²) in [6.07, 6.45) is 6.71. The van der Waals surface area contributed by atoms with Crippen LogP contribution in [0.5, 0.6) is 5.75 Å². The van der Waals surface area contributed by atoms with Crippen LogP contribution in [0.1, 0.15) is 62.0 Å². The van der Waals surface area contributed by atoms with E-state index in [1.54, 1.807) is 7.11 Å². The number of rotatable bonds is 9. The van der Waals surface area contributed by atoms with Gasteiger partial charge < -0.3 is 16.2 Å². The normalized spacial score (nSPS) is 16.7. The van der Waals surface area contributed by atoms with Crippen LogP contribution in [0.25, 0.3) is 0 Å². The highest BCUT2D eigenvalue weighted by molar-refractivity contribution is 5.77. The fourth-order valence-electron chi connectivity index (χ4n) is 3.90. The molecule has 5 nitrogen and oxygen atoms in total. The van der Waals surface area contributed by atoms with Gasteiger partial charge in [0.1, 0.15) is 5.75 Å². The number of benzene rings is 1. The second-order valence-electron chi connectivity index (χ2n) is 6.76. The molecule has 0 radical (unpaired) electrons. The average molecular weight is 332 g/mol. The first-order valence-corrected chi connectivity index (χ1v) is 8.73. The molecule has 5 heteroatoms. The lowest BCUT2D eigenvalue weighted by molar-refractivity contribution is -0.120. The minimum atomic E-state index is -0.367. The molecule has 1 aliphatic carbocycles. The van der Waals surface area contributed by atoms with Gasteiger partial charge >= 0.3 is 0 Å². The van der Waals surface area contributed by atoms with Crippen molar-refractivity contribution < 1.29 is 14.3 Å². The topological polar surface area (TPSA) is 95.4 Å². The van der Waals surface area contributed by atoms with E-state index in [0.717, 1.165) is 31.4 Å². The van der Waals surface area contributed by atoms with Crippen molar-refractivity contribution in [1.29, 1.82) is 0 Å². The van der Waals surface area contributed by atoms with Crippen molar-refractivity contribution >= 4 is 11.8 Å². The van der Waals surface area contributed by atoms with E-state index in [9.17, 15) is 9.59 Å². The van der Waals surface area contributed by atoms with Gasteiger partial charge in [0.15, 0.2) is 0 Å². The smallest absolute Gasteiger partial charge is 0.217 e. The van der Waals surface area contributed by atoms with Gasteiger partial charge in [-0.1, -0.05) is 18.6 Å². The van der Waals surface area contributed by atoms with Crippen molar-refractivity contribution in [2.45, 2.75) is 57.3 Å². The van der Waals surface area contributed by atoms with E-state index < -0.39 is 0 Å². The standard InChI is InChI=1S/C19H28N2O3/c1-24-17-10-4-8-15-14(7-3-9-16(15)17)6-2-5-13(11-18(20)22)12-19(21)23/h4,8,10,13-14H,2-3,5-7,9,11-12H2,1H3,(H2,20,22)(H2,21,23). The number of fused-ring (bicyclic) bond motifs is 1. The van der Waals surface area contributed by atoms with Crippen molar-refractivity contribution in [2.24, 2.45) is 17.4 Å². The zero-order valence-electron chi connectivity index (χ0n) is 14.4. The Hall–Kier alpha value is -2.04. The molecule has 0 saturated heterocycles. The number of hydrogen-bond acceptors (Lipinski definition) is 3. The van der Waals surface area contributed by atoms with Crippen LogP contribution in [0.2, 0.25) is 0 Å². The van der Waals surface area contributed by atoms with E-state index in [4.69, 9.17) is 16.2 Å². The summed E-state index contributed by atoms with van der Waals surface area (Å²) in [6, 6.07) is 6.28. The van der Waals surface area contributed by atoms with Gasteiger partial charge in [-0.25, -0.2) is 0 Å². The average Bonchev–Trinajstić information content (AvgIpc) is 2.53. The van der Waals surface area contributed by atoms with Gasteiger partial charge in [0.25, 0.3) is 0 Å². The number of nitrogens with two attached hydrogens (primary N) is 2. The Morgan fingerprint density at radius 3 is 2.58 bits per heavy atom. The zero-order chi connectivity index (χ0) is 17.5. The number of primary amides is 2. The molecule has 1 unspecified atom stereocenters. The molecule has 4 N–H and O–H groups in total. The second-order valence-corrected chi connectivity index (χ2v) is 6.76. The number of hydrogen-bond donors (Lipinski definition) is 2. The molecule has 0 fully saturated rings. The SMILES string of the molecule is COc1cccc2c1CCCC2CCCC(CC(N)=O)CC(N)=O. The number of carbonyl (C=O) groups excluding carboxylic acids is 2. The second kappa shape index (κ2) is 8.71. The maximum atomic E-state index is 11.1. The Morgan fingerprint density at radius 2 is 1.96 bits per heavy atom. The summed E-state index contributed by atoms with van der Waals surface area (Å²) >= 11 is 0. The van der Waals surface area contributed by atoms with E-state index in [2.05, 4.69) is 12.1 Å². The highest BCUT2D eigenvalue weighted by Crippen LogP contribution is 2.39. The third-order valence-corrected chi connectivity index (χ3v) is 4.95. The molecule has 132 valence electrons. The number of methoxy groups -OCH3 is 1. The van der Waals surface area contributed by atoms with Crippen molar-refractivity contribution in [3.63, 3.8) is 0 Å². The maximum absolute atomic E-state index is 11.1. The van der Waals surface area contributed by atoms with Crippen LogP contribution in [0.15, 0.2) is 18.2 Å². The molecule has 2 rings (SSSR count). The monoisotopic (exact) mass is 332 g/mol. The van der Waals surface area contributed by atoms with Crippen LogP contribution in [-0.4, -0.2) is 18.9 Å². The lowest BCUT2D eigenvalue weighted by atomic mass is 9.79. The van der Waals surface area contributed by atoms with Gasteiger partial charge in [0, 0.05) is 12.8 Å². The first kappa shape index (κ1) is 18.3. The van der Waals surface area contributed by atoms with E-state index >= 15 is 0 Å². The van der Waals surface area contributed by atoms with E-state index in [1.807, 2.05) is 6.07 Å². The van der Waals surface area contributed by atoms with E-state index in [1.165, 1.54) is 24.0 Å². The fraction of sp³-hybridized carbons (Fsp3) is 0.579. The minimum Gasteiger partial charge on any atom is -0.496 e. The maximum Gasteiger partial charge on any atom is 0.217 e. The Morgan fingerprint density at radius 1 is 1.25 bits per heavy atom. The Balaban J connectivity index is 1.95. The van der Waals surface area contributed by atoms with Crippen molar-refractivity contribution in [1.82, 2.24) is 0 Å². The molecular weight excluding hydrogens is 304 g/mol. The first-order chi connectivity index (χ1) is 11.5. The van der Waals surface area contributed by atoms with Crippen LogP contribution >= 0.6 is 0 Å². The Labute approximate surface area is 143 Å². The van der Waals surface area contributed by atoms with Crippen molar-refractivity contribution in [2.75, 3.05) is 7.11 Å². The van der Waals surface area contributed by atoms with Gasteiger partial charge in [-0.05, 0) is 61.1 Å². The molecule has 1 aromatic carbocycles. The van der Waals surface area contributed by atoms with Crippen LogP contribution in [0.3, 0.4) is 0 Å². The van der Waals surface area contributed by atoms with Gasteiger partial charge in [-0.3, -0.25) is 9.59 Å². The molecule has 2 amide bonds. The molecule has 0 heterocycles. The molecule has 1 aliphatic rings. The van der Waals surface area contributed by atoms with Gasteiger partial charge in [-0.15, -0.1) is 0 Å². The third-order valence-electron chi connectivity index (χ3n) is 4.95. The molecule has 1 aromatic rings. The van der Waals surface area contributed by atoms with E-state index in [-0.39, 0.29) is 30.6 Å². The van der Waals surface area contributed by atoms with Crippen LogP contribution in [0.4, 0.5) is 0 Å². The lowest BCUT2D eigenvalue weighted by Gasteiger charge is -2.27. The van der Waals surface area contributed by atoms with Crippen molar-refractivity contribution in [3.05, 3.63) is 29.3 Å². The summed E-state index contributed by atoms with van der Waals surface area (Å²) in [7, 11) is 1.72. The number of carbonyl (C=O) groups is 2. The highest BCUT2D eigenvalue weighted by Gasteiger charge is 2.23. The summed E-state index contributed by atoms with van der Waals surface area (Å²) in [4.78, 5) is 22.3. The molecule has 0 aliphatic heterocycles. The fourth-order valence-corrected chi connectivity index (χ4v) is 3.90. The van der Waals surface area contributed by atoms with Crippen LogP contribution in [-0.2, 0) is 16.0 Å². The molecule has 0 aromatic heterocycles. The number of ether oxygens (including phenoxy) is 1. The summed E-state index contributed by atoms with van der Waals surface area (Å²) in [6.45, 7) is 0. The van der Waals surface area contributed by atoms with Crippen LogP contribution in [0, 0.1) is 5.92 Å². The quantitative estimate of drug-likeness (QED) is 0.727. The minimum absolute atomic E-state index is 0.0339.